The van der Waals surface area contributed by atoms with Gasteiger partial charge in [0.15, 0.2) is 0 Å². The number of alkyl halides is 3. The Balaban J connectivity index is 1.36. The molecule has 1 aromatic heterocycles. The highest BCUT2D eigenvalue weighted by molar-refractivity contribution is 6.30. The van der Waals surface area contributed by atoms with Gasteiger partial charge in [-0.3, -0.25) is 4.90 Å². The van der Waals surface area contributed by atoms with Gasteiger partial charge in [0.1, 0.15) is 0 Å². The fraction of sp³-hybridized carbons (Fsp3) is 0.300. The molecule has 1 saturated heterocycles. The summed E-state index contributed by atoms with van der Waals surface area (Å²) in [4.78, 5) is 4.09. The van der Waals surface area contributed by atoms with Crippen molar-refractivity contribution in [1.29, 1.82) is 0 Å². The highest BCUT2D eigenvalue weighted by Gasteiger charge is 2.31. The van der Waals surface area contributed by atoms with Crippen LogP contribution in [0.15, 0.2) is 52.9 Å². The van der Waals surface area contributed by atoms with Gasteiger partial charge in [0.05, 0.1) is 12.1 Å². The normalized spacial score (nSPS) is 15.7. The van der Waals surface area contributed by atoms with Gasteiger partial charge >= 0.3 is 6.18 Å². The third-order valence-corrected chi connectivity index (χ3v) is 5.04. The Labute approximate surface area is 170 Å². The third kappa shape index (κ3) is 4.71. The van der Waals surface area contributed by atoms with Crippen molar-refractivity contribution >= 4 is 17.3 Å². The molecule has 0 amide bonds. The van der Waals surface area contributed by atoms with E-state index in [2.05, 4.69) is 15.1 Å². The number of halogens is 4. The average Bonchev–Trinajstić information content (AvgIpc) is 3.17. The Hall–Kier alpha value is -2.58. The van der Waals surface area contributed by atoms with Crippen LogP contribution in [-0.4, -0.2) is 41.3 Å². The van der Waals surface area contributed by atoms with Crippen molar-refractivity contribution in [3.63, 3.8) is 0 Å². The summed E-state index contributed by atoms with van der Waals surface area (Å²) in [6.07, 6.45) is -4.34. The van der Waals surface area contributed by atoms with Gasteiger partial charge in [-0.15, -0.1) is 10.2 Å². The summed E-state index contributed by atoms with van der Waals surface area (Å²) in [5.41, 5.74) is 0.711. The third-order valence-electron chi connectivity index (χ3n) is 4.81. The summed E-state index contributed by atoms with van der Waals surface area (Å²) in [6.45, 7) is 3.10. The van der Waals surface area contributed by atoms with Gasteiger partial charge in [0, 0.05) is 42.5 Å². The molecule has 5 nitrogen and oxygen atoms in total. The molecule has 0 spiro atoms. The van der Waals surface area contributed by atoms with Crippen molar-refractivity contribution in [2.45, 2.75) is 12.7 Å². The van der Waals surface area contributed by atoms with Gasteiger partial charge in [0.25, 0.3) is 0 Å². The molecule has 0 aliphatic carbocycles. The van der Waals surface area contributed by atoms with Crippen LogP contribution in [0.5, 0.6) is 0 Å². The molecule has 0 N–H and O–H groups in total. The SMILES string of the molecule is FC(F)(F)c1cccc(N2CCN(Cc3nnc(-c4cccc(Cl)c4)o3)CC2)c1. The van der Waals surface area contributed by atoms with Crippen LogP contribution in [0.3, 0.4) is 0 Å². The number of hydrogen-bond acceptors (Lipinski definition) is 5. The first-order valence-corrected chi connectivity index (χ1v) is 9.49. The van der Waals surface area contributed by atoms with Gasteiger partial charge < -0.3 is 9.32 Å². The molecular formula is C20H18ClF3N4O. The second-order valence-corrected chi connectivity index (χ2v) is 7.26. The van der Waals surface area contributed by atoms with E-state index in [0.29, 0.717) is 55.2 Å². The fourth-order valence-electron chi connectivity index (χ4n) is 3.29. The first-order valence-electron chi connectivity index (χ1n) is 9.11. The molecule has 0 unspecified atom stereocenters. The lowest BCUT2D eigenvalue weighted by molar-refractivity contribution is -0.137. The minimum atomic E-state index is -4.34. The number of aromatic nitrogens is 2. The van der Waals surface area contributed by atoms with Gasteiger partial charge in [-0.25, -0.2) is 0 Å². The molecule has 2 heterocycles. The molecule has 0 radical (unpaired) electrons. The summed E-state index contributed by atoms with van der Waals surface area (Å²) < 4.78 is 44.5. The zero-order valence-electron chi connectivity index (χ0n) is 15.4. The lowest BCUT2D eigenvalue weighted by atomic mass is 10.1. The number of anilines is 1. The lowest BCUT2D eigenvalue weighted by Gasteiger charge is -2.35. The van der Waals surface area contributed by atoms with Crippen molar-refractivity contribution in [3.05, 3.63) is 65.0 Å². The molecule has 9 heteroatoms. The van der Waals surface area contributed by atoms with Crippen LogP contribution in [0, 0.1) is 0 Å². The van der Waals surface area contributed by atoms with Gasteiger partial charge in [-0.05, 0) is 36.4 Å². The molecule has 0 saturated carbocycles. The zero-order chi connectivity index (χ0) is 20.4. The van der Waals surface area contributed by atoms with Crippen LogP contribution in [0.4, 0.5) is 18.9 Å². The first kappa shape index (κ1) is 19.7. The predicted molar refractivity (Wildman–Crippen MR) is 104 cm³/mol. The number of piperazine rings is 1. The molecular weight excluding hydrogens is 405 g/mol. The smallest absolute Gasteiger partial charge is 0.416 e. The molecule has 29 heavy (non-hydrogen) atoms. The minimum Gasteiger partial charge on any atom is -0.419 e. The number of nitrogens with zero attached hydrogens (tertiary/aromatic N) is 4. The maximum Gasteiger partial charge on any atom is 0.416 e. The van der Waals surface area contributed by atoms with Crippen molar-refractivity contribution in [2.75, 3.05) is 31.1 Å². The summed E-state index contributed by atoms with van der Waals surface area (Å²) in [5.74, 6) is 0.901. The molecule has 152 valence electrons. The van der Waals surface area contributed by atoms with Crippen LogP contribution in [0.2, 0.25) is 5.02 Å². The topological polar surface area (TPSA) is 45.4 Å². The van der Waals surface area contributed by atoms with E-state index < -0.39 is 11.7 Å². The van der Waals surface area contributed by atoms with Gasteiger partial charge in [-0.2, -0.15) is 13.2 Å². The monoisotopic (exact) mass is 422 g/mol. The quantitative estimate of drug-likeness (QED) is 0.608. The summed E-state index contributed by atoms with van der Waals surface area (Å²) in [5, 5.41) is 8.75. The maximum absolute atomic E-state index is 12.9. The Morgan fingerprint density at radius 3 is 2.45 bits per heavy atom. The zero-order valence-corrected chi connectivity index (χ0v) is 16.1. The molecule has 3 aromatic rings. The molecule has 2 aromatic carbocycles. The summed E-state index contributed by atoms with van der Waals surface area (Å²) in [7, 11) is 0. The lowest BCUT2D eigenvalue weighted by Crippen LogP contribution is -2.46. The first-order chi connectivity index (χ1) is 13.9. The Morgan fingerprint density at radius 2 is 1.72 bits per heavy atom. The number of hydrogen-bond donors (Lipinski definition) is 0. The van der Waals surface area contributed by atoms with Crippen molar-refractivity contribution in [3.8, 4) is 11.5 Å². The van der Waals surface area contributed by atoms with Crippen LogP contribution in [0.1, 0.15) is 11.5 Å². The van der Waals surface area contributed by atoms with E-state index in [-0.39, 0.29) is 0 Å². The Kier molecular flexibility index (Phi) is 5.47. The van der Waals surface area contributed by atoms with Crippen LogP contribution >= 0.6 is 11.6 Å². The number of benzene rings is 2. The Morgan fingerprint density at radius 1 is 0.966 bits per heavy atom. The second-order valence-electron chi connectivity index (χ2n) is 6.82. The average molecular weight is 423 g/mol. The largest absolute Gasteiger partial charge is 0.419 e. The van der Waals surface area contributed by atoms with Crippen molar-refractivity contribution in [1.82, 2.24) is 15.1 Å². The highest BCUT2D eigenvalue weighted by atomic mass is 35.5. The molecule has 4 rings (SSSR count). The van der Waals surface area contributed by atoms with E-state index >= 15 is 0 Å². The Bertz CT molecular complexity index is 984. The predicted octanol–water partition coefficient (Wildman–Crippen LogP) is 4.73. The highest BCUT2D eigenvalue weighted by Crippen LogP contribution is 2.32. The van der Waals surface area contributed by atoms with E-state index in [4.69, 9.17) is 16.0 Å². The fourth-order valence-corrected chi connectivity index (χ4v) is 3.48. The van der Waals surface area contributed by atoms with Crippen LogP contribution < -0.4 is 4.90 Å². The van der Waals surface area contributed by atoms with E-state index in [0.717, 1.165) is 11.6 Å². The second kappa shape index (κ2) is 8.04. The summed E-state index contributed by atoms with van der Waals surface area (Å²) in [6, 6.07) is 12.6. The molecule has 1 aliphatic rings. The summed E-state index contributed by atoms with van der Waals surface area (Å²) >= 11 is 5.99. The van der Waals surface area contributed by atoms with E-state index in [9.17, 15) is 13.2 Å². The van der Waals surface area contributed by atoms with Gasteiger partial charge in [0.2, 0.25) is 11.8 Å². The van der Waals surface area contributed by atoms with Gasteiger partial charge in [-0.1, -0.05) is 23.7 Å². The molecule has 0 bridgehead atoms. The van der Waals surface area contributed by atoms with E-state index in [1.54, 1.807) is 18.2 Å². The standard InChI is InChI=1S/C20H18ClF3N4O/c21-16-5-1-3-14(11-16)19-26-25-18(29-19)13-27-7-9-28(10-8-27)17-6-2-4-15(12-17)20(22,23)24/h1-6,11-12H,7-10,13H2. The number of rotatable bonds is 4. The molecule has 0 atom stereocenters. The van der Waals surface area contributed by atoms with E-state index in [1.165, 1.54) is 12.1 Å². The maximum atomic E-state index is 12.9. The van der Waals surface area contributed by atoms with E-state index in [1.807, 2.05) is 17.0 Å². The minimum absolute atomic E-state index is 0.408. The molecule has 1 aliphatic heterocycles. The van der Waals surface area contributed by atoms with Crippen LogP contribution in [-0.2, 0) is 12.7 Å². The van der Waals surface area contributed by atoms with Crippen molar-refractivity contribution in [2.24, 2.45) is 0 Å². The van der Waals surface area contributed by atoms with Crippen LogP contribution in [0.25, 0.3) is 11.5 Å². The van der Waals surface area contributed by atoms with Crippen molar-refractivity contribution < 1.29 is 17.6 Å². The molecule has 1 fully saturated rings.